The van der Waals surface area contributed by atoms with E-state index >= 15 is 4.39 Å². The minimum atomic E-state index is -3.78. The number of piperidine rings is 1. The zero-order valence-corrected chi connectivity index (χ0v) is 24.6. The van der Waals surface area contributed by atoms with Gasteiger partial charge in [0.25, 0.3) is 5.91 Å². The minimum Gasteiger partial charge on any atom is -0.373 e. The largest absolute Gasteiger partial charge is 0.373 e. The van der Waals surface area contributed by atoms with Crippen molar-refractivity contribution in [3.63, 3.8) is 0 Å². The highest BCUT2D eigenvalue weighted by atomic mass is 35.5. The van der Waals surface area contributed by atoms with Gasteiger partial charge in [0.15, 0.2) is 11.6 Å². The van der Waals surface area contributed by atoms with Crippen LogP contribution in [0.4, 0.5) is 10.2 Å². The van der Waals surface area contributed by atoms with Gasteiger partial charge < -0.3 is 14.2 Å². The molecule has 1 saturated heterocycles. The number of benzene rings is 1. The molecule has 218 valence electrons. The molecular weight excluding hydrogens is 594 g/mol. The number of nitrogens with zero attached hydrogens (tertiary/aromatic N) is 3. The number of sulfonamides is 1. The van der Waals surface area contributed by atoms with Crippen molar-refractivity contribution < 1.29 is 26.9 Å². The number of anilines is 1. The Hall–Kier alpha value is -2.73. The third-order valence-electron chi connectivity index (χ3n) is 7.96. The molecule has 1 amide bonds. The Balaban J connectivity index is 1.13. The van der Waals surface area contributed by atoms with Crippen LogP contribution < -0.4 is 9.62 Å². The van der Waals surface area contributed by atoms with E-state index in [0.717, 1.165) is 36.7 Å². The number of hydrogen-bond acceptors (Lipinski definition) is 8. The molecule has 3 fully saturated rings. The maximum atomic E-state index is 15.1. The first-order chi connectivity index (χ1) is 19.6. The van der Waals surface area contributed by atoms with E-state index in [1.54, 1.807) is 25.1 Å². The lowest BCUT2D eigenvalue weighted by Gasteiger charge is -2.32. The average Bonchev–Trinajstić information content (AvgIpc) is 3.37. The van der Waals surface area contributed by atoms with Crippen molar-refractivity contribution in [1.82, 2.24) is 14.9 Å². The van der Waals surface area contributed by atoms with Gasteiger partial charge in [0, 0.05) is 41.7 Å². The molecule has 3 aliphatic rings. The number of fused-ring (bicyclic) bond motifs is 2. The van der Waals surface area contributed by atoms with E-state index in [4.69, 9.17) is 32.5 Å². The maximum absolute atomic E-state index is 15.1. The van der Waals surface area contributed by atoms with E-state index in [1.165, 1.54) is 6.20 Å². The van der Waals surface area contributed by atoms with Gasteiger partial charge in [0.2, 0.25) is 10.0 Å². The number of carbonyl (C=O) groups excluding carboxylic acids is 1. The van der Waals surface area contributed by atoms with Gasteiger partial charge in [-0.15, -0.1) is 0 Å². The van der Waals surface area contributed by atoms with E-state index in [9.17, 15) is 13.2 Å². The first-order valence-corrected chi connectivity index (χ1v) is 16.1. The van der Waals surface area contributed by atoms with Crippen LogP contribution in [0.1, 0.15) is 66.6 Å². The molecule has 0 unspecified atom stereocenters. The molecule has 0 spiro atoms. The van der Waals surface area contributed by atoms with Crippen LogP contribution in [0.25, 0.3) is 11.3 Å². The van der Waals surface area contributed by atoms with Crippen molar-refractivity contribution >= 4 is 45.0 Å². The van der Waals surface area contributed by atoms with Gasteiger partial charge in [-0.05, 0) is 50.3 Å². The molecule has 3 atom stereocenters. The van der Waals surface area contributed by atoms with Crippen molar-refractivity contribution in [3.8, 4) is 11.3 Å². The van der Waals surface area contributed by atoms with Crippen LogP contribution >= 0.6 is 23.2 Å². The van der Waals surface area contributed by atoms with Gasteiger partial charge in [-0.2, -0.15) is 0 Å². The summed E-state index contributed by atoms with van der Waals surface area (Å²) >= 11 is 13.0. The Labute approximate surface area is 247 Å². The number of aromatic nitrogens is 2. The van der Waals surface area contributed by atoms with Gasteiger partial charge in [-0.1, -0.05) is 41.3 Å². The third-order valence-corrected chi connectivity index (χ3v) is 10.0. The predicted molar refractivity (Wildman–Crippen MR) is 152 cm³/mol. The number of hydrogen-bond donors (Lipinski definition) is 1. The molecule has 2 aromatic heterocycles. The summed E-state index contributed by atoms with van der Waals surface area (Å²) < 4.78 is 53.0. The van der Waals surface area contributed by atoms with Crippen molar-refractivity contribution in [2.75, 3.05) is 17.2 Å². The van der Waals surface area contributed by atoms with Gasteiger partial charge in [-0.25, -0.2) is 22.5 Å². The molecule has 1 aliphatic heterocycles. The van der Waals surface area contributed by atoms with E-state index in [0.29, 0.717) is 53.2 Å². The van der Waals surface area contributed by atoms with E-state index in [2.05, 4.69) is 10.1 Å². The highest BCUT2D eigenvalue weighted by Crippen LogP contribution is 2.47. The lowest BCUT2D eigenvalue weighted by molar-refractivity contribution is 0.0121. The van der Waals surface area contributed by atoms with Crippen LogP contribution in [-0.2, 0) is 21.4 Å². The Bertz CT molecular complexity index is 1580. The molecular formula is C28H29Cl2FN4O5S. The fourth-order valence-electron chi connectivity index (χ4n) is 5.89. The van der Waals surface area contributed by atoms with Gasteiger partial charge in [0.1, 0.15) is 11.5 Å². The molecule has 1 aromatic carbocycles. The molecule has 6 rings (SSSR count). The Morgan fingerprint density at radius 1 is 1.24 bits per heavy atom. The first-order valence-electron chi connectivity index (χ1n) is 13.7. The van der Waals surface area contributed by atoms with Crippen molar-refractivity contribution in [2.45, 2.75) is 63.7 Å². The number of rotatable bonds is 10. The molecule has 3 aromatic rings. The molecule has 41 heavy (non-hydrogen) atoms. The highest BCUT2D eigenvalue weighted by molar-refractivity contribution is 7.90. The lowest BCUT2D eigenvalue weighted by atomic mass is 10.0. The van der Waals surface area contributed by atoms with Crippen molar-refractivity contribution in [1.29, 1.82) is 0 Å². The Morgan fingerprint density at radius 2 is 2.00 bits per heavy atom. The van der Waals surface area contributed by atoms with Gasteiger partial charge in [0.05, 0.1) is 34.1 Å². The van der Waals surface area contributed by atoms with Crippen LogP contribution in [0, 0.1) is 11.7 Å². The molecule has 2 saturated carbocycles. The molecule has 13 heteroatoms. The number of carbonyl (C=O) groups is 1. The minimum absolute atomic E-state index is 0.0273. The lowest BCUT2D eigenvalue weighted by Crippen LogP contribution is -2.39. The second-order valence-corrected chi connectivity index (χ2v) is 13.6. The second-order valence-electron chi connectivity index (χ2n) is 10.9. The molecule has 0 radical (unpaired) electrons. The standard InChI is InChI=1S/C28H29Cl2FN4O5S/c1-2-8-41(37,38)34-28(36)16-10-22(31)27(32-12-16)35-13-17-9-18(35)11-23(17)39-14-19-25(33-40-26(19)15-6-7-15)24-20(29)4-3-5-21(24)30/h3-5,10,12,15,17-18,23H,2,6-9,11,13-14H2,1H3,(H,34,36)/t17-,18-,23+/m0/s1. The van der Waals surface area contributed by atoms with E-state index < -0.39 is 21.7 Å². The van der Waals surface area contributed by atoms with E-state index in [-0.39, 0.29) is 35.2 Å². The van der Waals surface area contributed by atoms with Crippen molar-refractivity contribution in [3.05, 3.63) is 63.2 Å². The smallest absolute Gasteiger partial charge is 0.266 e. The summed E-state index contributed by atoms with van der Waals surface area (Å²) in [6.07, 6.45) is 5.12. The number of nitrogens with one attached hydrogen (secondary N) is 1. The number of halogens is 3. The summed E-state index contributed by atoms with van der Waals surface area (Å²) in [5, 5.41) is 5.31. The first kappa shape index (κ1) is 28.4. The number of ether oxygens (including phenoxy) is 1. The molecule has 1 N–H and O–H groups in total. The topological polar surface area (TPSA) is 115 Å². The number of amides is 1. The monoisotopic (exact) mass is 622 g/mol. The molecule has 9 nitrogen and oxygen atoms in total. The fraction of sp³-hybridized carbons (Fsp3) is 0.464. The fourth-order valence-corrected chi connectivity index (χ4v) is 7.51. The maximum Gasteiger partial charge on any atom is 0.266 e. The molecule has 2 aliphatic carbocycles. The third kappa shape index (κ3) is 5.69. The summed E-state index contributed by atoms with van der Waals surface area (Å²) in [7, 11) is -3.78. The zero-order valence-electron chi connectivity index (χ0n) is 22.3. The summed E-state index contributed by atoms with van der Waals surface area (Å²) in [5.74, 6) is -0.313. The van der Waals surface area contributed by atoms with E-state index in [1.807, 2.05) is 9.62 Å². The Morgan fingerprint density at radius 3 is 2.63 bits per heavy atom. The summed E-state index contributed by atoms with van der Waals surface area (Å²) in [5.41, 5.74) is 1.95. The SMILES string of the molecule is CCCS(=O)(=O)NC(=O)c1cnc(N2C[C@@H]3C[C@H]2C[C@H]3OCc2c(-c3c(Cl)cccc3Cl)noc2C2CC2)c(F)c1. The van der Waals surface area contributed by atoms with Crippen molar-refractivity contribution in [2.24, 2.45) is 5.92 Å². The highest BCUT2D eigenvalue weighted by Gasteiger charge is 2.47. The summed E-state index contributed by atoms with van der Waals surface area (Å²) in [4.78, 5) is 18.4. The zero-order chi connectivity index (χ0) is 28.9. The Kier molecular flexibility index (Phi) is 7.73. The van der Waals surface area contributed by atoms with Crippen LogP contribution in [-0.4, -0.2) is 48.9 Å². The van der Waals surface area contributed by atoms with Gasteiger partial charge >= 0.3 is 0 Å². The normalized spacial score (nSPS) is 22.0. The summed E-state index contributed by atoms with van der Waals surface area (Å²) in [6, 6.07) is 6.38. The quantitative estimate of drug-likeness (QED) is 0.306. The van der Waals surface area contributed by atoms with Crippen LogP contribution in [0.5, 0.6) is 0 Å². The van der Waals surface area contributed by atoms with Crippen LogP contribution in [0.15, 0.2) is 35.0 Å². The average molecular weight is 624 g/mol. The summed E-state index contributed by atoms with van der Waals surface area (Å²) in [6.45, 7) is 2.54. The van der Waals surface area contributed by atoms with Crippen LogP contribution in [0.2, 0.25) is 10.0 Å². The van der Waals surface area contributed by atoms with Gasteiger partial charge in [-0.3, -0.25) is 4.79 Å². The molecule has 2 bridgehead atoms. The number of pyridine rings is 1. The molecule has 3 heterocycles. The predicted octanol–water partition coefficient (Wildman–Crippen LogP) is 5.71. The second kappa shape index (κ2) is 11.2. The van der Waals surface area contributed by atoms with Crippen LogP contribution in [0.3, 0.4) is 0 Å².